The molecule has 192 valence electrons. The van der Waals surface area contributed by atoms with Crippen LogP contribution in [0, 0.1) is 0 Å². The number of amides is 1. The summed E-state index contributed by atoms with van der Waals surface area (Å²) in [5.74, 6) is -0.253. The Bertz CT molecular complexity index is 1360. The number of nitrogens with zero attached hydrogens (tertiary/aromatic N) is 4. The van der Waals surface area contributed by atoms with Crippen LogP contribution < -0.4 is 5.73 Å². The number of aromatic nitrogens is 5. The molecule has 13 heteroatoms. The van der Waals surface area contributed by atoms with E-state index in [0.717, 1.165) is 27.7 Å². The van der Waals surface area contributed by atoms with Gasteiger partial charge in [0.15, 0.2) is 5.82 Å². The molecule has 36 heavy (non-hydrogen) atoms. The minimum atomic E-state index is -1.29. The molecule has 1 aromatic carbocycles. The highest BCUT2D eigenvalue weighted by Crippen LogP contribution is 2.29. The maximum Gasteiger partial charge on any atom is 0.410 e. The minimum Gasteiger partial charge on any atom is -0.479 e. The number of carbonyl (C=O) groups is 2. The van der Waals surface area contributed by atoms with Gasteiger partial charge in [-0.3, -0.25) is 5.10 Å². The Morgan fingerprint density at radius 2 is 1.92 bits per heavy atom. The van der Waals surface area contributed by atoms with E-state index in [2.05, 4.69) is 25.1 Å². The van der Waals surface area contributed by atoms with Crippen LogP contribution in [0.4, 0.5) is 10.6 Å². The van der Waals surface area contributed by atoms with Gasteiger partial charge in [-0.05, 0) is 45.9 Å². The first-order valence-corrected chi connectivity index (χ1v) is 11.8. The van der Waals surface area contributed by atoms with Gasteiger partial charge in [0, 0.05) is 23.7 Å². The molecule has 4 rings (SSSR count). The first-order chi connectivity index (χ1) is 16.9. The second kappa shape index (κ2) is 11.0. The van der Waals surface area contributed by atoms with Crippen molar-refractivity contribution < 1.29 is 19.4 Å². The number of aliphatic carboxylic acids is 1. The Morgan fingerprint density at radius 3 is 2.47 bits per heavy atom. The Balaban J connectivity index is 0.000000538. The maximum absolute atomic E-state index is 12.5. The predicted octanol–water partition coefficient (Wildman–Crippen LogP) is 4.72. The molecule has 3 heterocycles. The van der Waals surface area contributed by atoms with E-state index in [1.807, 2.05) is 52.0 Å². The lowest BCUT2D eigenvalue weighted by molar-refractivity contribution is -0.135. The van der Waals surface area contributed by atoms with Crippen molar-refractivity contribution in [2.75, 3.05) is 12.3 Å². The maximum atomic E-state index is 12.5. The molecular formula is C23H27Cl2N7O4. The summed E-state index contributed by atoms with van der Waals surface area (Å²) >= 11 is 9.56. The van der Waals surface area contributed by atoms with Crippen LogP contribution in [0.1, 0.15) is 33.5 Å². The van der Waals surface area contributed by atoms with E-state index in [-0.39, 0.29) is 12.6 Å². The molecule has 0 radical (unpaired) electrons. The van der Waals surface area contributed by atoms with E-state index >= 15 is 0 Å². The lowest BCUT2D eigenvalue weighted by atomic mass is 10.1. The molecule has 0 aliphatic rings. The minimum absolute atomic E-state index is 0.285. The fourth-order valence-electron chi connectivity index (χ4n) is 3.29. The van der Waals surface area contributed by atoms with Gasteiger partial charge in [0.05, 0.1) is 23.3 Å². The van der Waals surface area contributed by atoms with E-state index in [4.69, 9.17) is 38.8 Å². The Hall–Kier alpha value is -3.57. The first kappa shape index (κ1) is 27.0. The average molecular weight is 536 g/mol. The van der Waals surface area contributed by atoms with Crippen molar-refractivity contribution >= 4 is 63.0 Å². The van der Waals surface area contributed by atoms with Crippen LogP contribution in [-0.4, -0.2) is 64.2 Å². The van der Waals surface area contributed by atoms with Crippen LogP contribution in [0.2, 0.25) is 0 Å². The fraction of sp³-hybridized carbons (Fsp3) is 0.348. The second-order valence-corrected chi connectivity index (χ2v) is 9.84. The van der Waals surface area contributed by atoms with Gasteiger partial charge in [-0.1, -0.05) is 29.3 Å². The van der Waals surface area contributed by atoms with E-state index in [9.17, 15) is 9.59 Å². The number of nitrogens with two attached hydrogens (primary N) is 1. The first-order valence-electron chi connectivity index (χ1n) is 11.0. The number of aromatic amines is 2. The molecule has 5 N–H and O–H groups in total. The number of rotatable bonds is 5. The summed E-state index contributed by atoms with van der Waals surface area (Å²) in [4.78, 5) is 34.6. The number of H-pyrrole nitrogens is 2. The van der Waals surface area contributed by atoms with Gasteiger partial charge < -0.3 is 25.5 Å². The van der Waals surface area contributed by atoms with Crippen molar-refractivity contribution in [2.24, 2.45) is 0 Å². The van der Waals surface area contributed by atoms with E-state index < -0.39 is 16.4 Å². The number of halogens is 2. The number of anilines is 1. The number of ether oxygens (including phenoxy) is 1. The van der Waals surface area contributed by atoms with Gasteiger partial charge in [0.2, 0.25) is 4.84 Å². The van der Waals surface area contributed by atoms with Gasteiger partial charge in [-0.15, -0.1) is 0 Å². The van der Waals surface area contributed by atoms with Gasteiger partial charge in [-0.25, -0.2) is 19.6 Å². The molecule has 0 fully saturated rings. The lowest BCUT2D eigenvalue weighted by Gasteiger charge is -2.25. The lowest BCUT2D eigenvalue weighted by Crippen LogP contribution is -2.36. The third-order valence-corrected chi connectivity index (χ3v) is 5.25. The van der Waals surface area contributed by atoms with Gasteiger partial charge in [0.1, 0.15) is 16.9 Å². The smallest absolute Gasteiger partial charge is 0.410 e. The molecule has 0 saturated carbocycles. The van der Waals surface area contributed by atoms with Crippen LogP contribution in [0.5, 0.6) is 0 Å². The number of alkyl halides is 2. The highest BCUT2D eigenvalue weighted by Gasteiger charge is 2.23. The molecule has 3 aromatic heterocycles. The van der Waals surface area contributed by atoms with Crippen molar-refractivity contribution in [2.45, 2.75) is 44.7 Å². The quantitative estimate of drug-likeness (QED) is 0.266. The van der Waals surface area contributed by atoms with E-state index in [0.29, 0.717) is 23.7 Å². The molecule has 0 unspecified atom stereocenters. The number of pyridine rings is 1. The molecule has 4 aromatic rings. The van der Waals surface area contributed by atoms with E-state index in [1.54, 1.807) is 11.1 Å². The third-order valence-electron chi connectivity index (χ3n) is 4.88. The Kier molecular flexibility index (Phi) is 8.26. The molecule has 0 saturated heterocycles. The van der Waals surface area contributed by atoms with Crippen molar-refractivity contribution in [1.82, 2.24) is 30.0 Å². The zero-order valence-electron chi connectivity index (χ0n) is 20.2. The number of carboxylic acids is 1. The number of nitrogens with one attached hydrogen (secondary N) is 2. The largest absolute Gasteiger partial charge is 0.479 e. The number of fused-ring (bicyclic) bond motifs is 3. The Morgan fingerprint density at radius 1 is 1.22 bits per heavy atom. The van der Waals surface area contributed by atoms with Crippen molar-refractivity contribution in [1.29, 1.82) is 0 Å². The van der Waals surface area contributed by atoms with Crippen LogP contribution >= 0.6 is 23.2 Å². The normalized spacial score (nSPS) is 11.4. The zero-order valence-corrected chi connectivity index (χ0v) is 21.7. The van der Waals surface area contributed by atoms with Crippen LogP contribution in [0.25, 0.3) is 33.2 Å². The number of hydrogen-bond donors (Lipinski definition) is 4. The number of carboxylic acid groups (broad SMARTS) is 1. The summed E-state index contributed by atoms with van der Waals surface area (Å²) in [7, 11) is 0. The molecule has 0 aliphatic carbocycles. The molecule has 0 atom stereocenters. The van der Waals surface area contributed by atoms with Gasteiger partial charge >= 0.3 is 12.1 Å². The van der Waals surface area contributed by atoms with Crippen LogP contribution in [0.3, 0.4) is 0 Å². The zero-order chi connectivity index (χ0) is 26.6. The molecule has 0 spiro atoms. The molecule has 0 bridgehead atoms. The SMILES string of the molecule is CCN(Cc1nc2c(N)nc3cc(-c4ccn[nH]4)ccc3c2[nH]1)C(=O)OC(C)(C)C.O=C(O)C(Cl)Cl. The highest BCUT2D eigenvalue weighted by atomic mass is 35.5. The number of hydrogen-bond acceptors (Lipinski definition) is 7. The average Bonchev–Trinajstić information content (AvgIpc) is 3.47. The second-order valence-electron chi connectivity index (χ2n) is 8.74. The topological polar surface area (TPSA) is 163 Å². The summed E-state index contributed by atoms with van der Waals surface area (Å²) in [5.41, 5.74) is 9.64. The molecule has 1 amide bonds. The summed E-state index contributed by atoms with van der Waals surface area (Å²) < 4.78 is 5.48. The van der Waals surface area contributed by atoms with E-state index in [1.165, 1.54) is 0 Å². The summed E-state index contributed by atoms with van der Waals surface area (Å²) in [6.45, 7) is 8.21. The molecule has 0 aliphatic heterocycles. The summed E-state index contributed by atoms with van der Waals surface area (Å²) in [5, 5.41) is 15.6. The van der Waals surface area contributed by atoms with Gasteiger partial charge in [-0.2, -0.15) is 5.10 Å². The molecule has 11 nitrogen and oxygen atoms in total. The number of nitrogen functional groups attached to an aromatic ring is 1. The standard InChI is InChI=1S/C21H25N7O2.C2H2Cl2O2/c1-5-28(20(29)30-21(2,3)4)11-16-25-17-13-7-6-12(14-8-9-23-27-14)10-15(13)24-19(22)18(17)26-16;3-1(4)2(5)6/h6-10H,5,11H2,1-4H3,(H2,22,24)(H,23,27)(H,25,26);1H,(H,5,6). The van der Waals surface area contributed by atoms with Crippen LogP contribution in [-0.2, 0) is 16.1 Å². The molecular weight excluding hydrogens is 509 g/mol. The van der Waals surface area contributed by atoms with Crippen molar-refractivity contribution in [3.05, 3.63) is 36.3 Å². The Labute approximate surface area is 216 Å². The number of imidazole rings is 1. The number of carbonyl (C=O) groups excluding carboxylic acids is 1. The summed E-state index contributed by atoms with van der Waals surface area (Å²) in [6.07, 6.45) is 1.32. The summed E-state index contributed by atoms with van der Waals surface area (Å²) in [6, 6.07) is 7.83. The fourth-order valence-corrected chi connectivity index (χ4v) is 3.29. The number of benzene rings is 1. The van der Waals surface area contributed by atoms with Gasteiger partial charge in [0.25, 0.3) is 0 Å². The monoisotopic (exact) mass is 535 g/mol. The van der Waals surface area contributed by atoms with Crippen LogP contribution in [0.15, 0.2) is 30.5 Å². The predicted molar refractivity (Wildman–Crippen MR) is 139 cm³/mol. The van der Waals surface area contributed by atoms with Crippen molar-refractivity contribution in [3.63, 3.8) is 0 Å². The van der Waals surface area contributed by atoms with Crippen molar-refractivity contribution in [3.8, 4) is 11.3 Å². The highest BCUT2D eigenvalue weighted by molar-refractivity contribution is 6.52. The third kappa shape index (κ3) is 6.55.